The monoisotopic (exact) mass is 880 g/mol. The maximum atomic E-state index is 11.9. The first-order chi connectivity index (χ1) is 24.2. The molecule has 0 aromatic heterocycles. The van der Waals surface area contributed by atoms with Gasteiger partial charge in [0, 0.05) is 13.1 Å². The van der Waals surface area contributed by atoms with E-state index < -0.39 is 62.0 Å². The lowest BCUT2D eigenvalue weighted by Crippen LogP contribution is -2.58. The standard InChI is InChI=1S/C28H70N2O17P2Si4/c1-13-29(3)15-17-41-48(33,34)43-21-19-37-23-27(31)39-25-50(5,6)45-52(9,10)47-53(11,12)46-51(7,8)26-40-28(32)24-38-20-22-44-49(35,36)42-18-16-30(4)14-2/h27-28,31-32H,13-26H2,1-12H3,(H,33,34)(H,35,36). The van der Waals surface area contributed by atoms with Gasteiger partial charge in [0.05, 0.1) is 65.3 Å². The molecule has 0 radical (unpaired) electrons. The molecule has 0 spiro atoms. The third-order valence-corrected chi connectivity index (χ3v) is 22.8. The number of phosphoric acid groups is 2. The van der Waals surface area contributed by atoms with Gasteiger partial charge in [0.15, 0.2) is 12.6 Å². The highest BCUT2D eigenvalue weighted by Gasteiger charge is 2.44. The van der Waals surface area contributed by atoms with Crippen molar-refractivity contribution in [3.8, 4) is 0 Å². The van der Waals surface area contributed by atoms with Gasteiger partial charge in [-0.2, -0.15) is 0 Å². The minimum atomic E-state index is -4.19. The molecule has 0 amide bonds. The number of aliphatic hydroxyl groups is 2. The van der Waals surface area contributed by atoms with Crippen molar-refractivity contribution in [1.29, 1.82) is 0 Å². The molecule has 0 aliphatic heterocycles. The topological polar surface area (TPSA) is 223 Å². The van der Waals surface area contributed by atoms with Crippen molar-refractivity contribution >= 4 is 49.4 Å². The average Bonchev–Trinajstić information content (AvgIpc) is 3.00. The van der Waals surface area contributed by atoms with Crippen LogP contribution in [-0.4, -0.2) is 182 Å². The summed E-state index contributed by atoms with van der Waals surface area (Å²) in [5.41, 5.74) is 0. The van der Waals surface area contributed by atoms with Gasteiger partial charge in [-0.15, -0.1) is 0 Å². The van der Waals surface area contributed by atoms with Crippen LogP contribution in [0, 0.1) is 0 Å². The predicted octanol–water partition coefficient (Wildman–Crippen LogP) is 2.80. The molecule has 0 aromatic rings. The summed E-state index contributed by atoms with van der Waals surface area (Å²) in [5.74, 6) is 0. The van der Waals surface area contributed by atoms with Crippen molar-refractivity contribution in [1.82, 2.24) is 9.80 Å². The number of hydrogen-bond acceptors (Lipinski definition) is 17. The van der Waals surface area contributed by atoms with Gasteiger partial charge in [0.25, 0.3) is 0 Å². The second-order valence-corrected chi connectivity index (χ2v) is 32.9. The summed E-state index contributed by atoms with van der Waals surface area (Å²) in [6.07, 6.45) is -2.16. The zero-order chi connectivity index (χ0) is 41.0. The van der Waals surface area contributed by atoms with Gasteiger partial charge in [-0.25, -0.2) is 9.13 Å². The quantitative estimate of drug-likeness (QED) is 0.0316. The number of likely N-dealkylation sites (N-methyl/N-ethyl adjacent to an activating group) is 2. The minimum absolute atomic E-state index is 0.0502. The Labute approximate surface area is 321 Å². The molecule has 0 bridgehead atoms. The molecule has 0 saturated heterocycles. The Morgan fingerprint density at radius 3 is 1.19 bits per heavy atom. The summed E-state index contributed by atoms with van der Waals surface area (Å²) in [7, 11) is -15.1. The molecule has 320 valence electrons. The Kier molecular flexibility index (Phi) is 26.2. The first kappa shape index (κ1) is 53.6. The van der Waals surface area contributed by atoms with E-state index in [0.29, 0.717) is 13.1 Å². The molecule has 0 fully saturated rings. The van der Waals surface area contributed by atoms with Gasteiger partial charge in [0.2, 0.25) is 16.6 Å². The smallest absolute Gasteiger partial charge is 0.435 e. The molecule has 0 saturated carbocycles. The first-order valence-corrected chi connectivity index (χ1v) is 32.5. The van der Waals surface area contributed by atoms with Crippen LogP contribution in [0.3, 0.4) is 0 Å². The average molecular weight is 881 g/mol. The van der Waals surface area contributed by atoms with Crippen molar-refractivity contribution in [3.05, 3.63) is 0 Å². The number of aliphatic hydroxyl groups excluding tert-OH is 2. The van der Waals surface area contributed by atoms with Gasteiger partial charge in [-0.05, 0) is 79.6 Å². The van der Waals surface area contributed by atoms with Crippen LogP contribution in [0.5, 0.6) is 0 Å². The lowest BCUT2D eigenvalue weighted by Gasteiger charge is -2.41. The van der Waals surface area contributed by atoms with Crippen LogP contribution in [-0.2, 0) is 58.5 Å². The van der Waals surface area contributed by atoms with Gasteiger partial charge in [0.1, 0.15) is 0 Å². The number of phosphoric ester groups is 2. The second-order valence-electron chi connectivity index (χ2n) is 14.4. The predicted molar refractivity (Wildman–Crippen MR) is 209 cm³/mol. The zero-order valence-corrected chi connectivity index (χ0v) is 39.7. The molecule has 53 heavy (non-hydrogen) atoms. The summed E-state index contributed by atoms with van der Waals surface area (Å²) >= 11 is 0. The van der Waals surface area contributed by atoms with Crippen molar-refractivity contribution in [2.75, 3.05) is 106 Å². The van der Waals surface area contributed by atoms with Crippen LogP contribution in [0.4, 0.5) is 0 Å². The lowest BCUT2D eigenvalue weighted by molar-refractivity contribution is -0.130. The van der Waals surface area contributed by atoms with E-state index in [-0.39, 0.29) is 65.3 Å². The van der Waals surface area contributed by atoms with E-state index >= 15 is 0 Å². The second kappa shape index (κ2) is 25.9. The third kappa shape index (κ3) is 30.4. The van der Waals surface area contributed by atoms with E-state index in [1.807, 2.05) is 90.1 Å². The summed E-state index contributed by atoms with van der Waals surface area (Å²) < 4.78 is 84.8. The Morgan fingerprint density at radius 1 is 0.547 bits per heavy atom. The summed E-state index contributed by atoms with van der Waals surface area (Å²) in [6.45, 7) is 21.2. The molecule has 4 N–H and O–H groups in total. The SMILES string of the molecule is CCN(C)CCOP(=O)(O)OCCOCC(O)OC[Si](C)(C)O[Si](C)(C)O[Si](C)(C)O[Si](C)(C)COC(O)COCCOP(=O)(O)OCCN(C)CC. The van der Waals surface area contributed by atoms with Crippen LogP contribution in [0.15, 0.2) is 0 Å². The zero-order valence-electron chi connectivity index (χ0n) is 33.9. The van der Waals surface area contributed by atoms with Crippen molar-refractivity contribution in [3.63, 3.8) is 0 Å². The van der Waals surface area contributed by atoms with Crippen LogP contribution >= 0.6 is 15.6 Å². The Hall–Kier alpha value is 0.648. The van der Waals surface area contributed by atoms with Crippen LogP contribution in [0.25, 0.3) is 0 Å². The van der Waals surface area contributed by atoms with E-state index in [1.165, 1.54) is 0 Å². The summed E-state index contributed by atoms with van der Waals surface area (Å²) in [4.78, 5) is 23.3. The maximum absolute atomic E-state index is 11.9. The van der Waals surface area contributed by atoms with Crippen molar-refractivity contribution in [2.24, 2.45) is 0 Å². The molecule has 0 heterocycles. The largest absolute Gasteiger partial charge is 0.472 e. The molecule has 0 aromatic carbocycles. The number of rotatable bonds is 34. The lowest BCUT2D eigenvalue weighted by atomic mass is 10.6. The van der Waals surface area contributed by atoms with Crippen molar-refractivity contribution in [2.45, 2.75) is 78.8 Å². The van der Waals surface area contributed by atoms with E-state index in [2.05, 4.69) is 0 Å². The normalized spacial score (nSPS) is 16.9. The van der Waals surface area contributed by atoms with Gasteiger partial charge >= 0.3 is 32.8 Å². The van der Waals surface area contributed by atoms with Gasteiger partial charge < -0.3 is 61.1 Å². The number of hydrogen-bond donors (Lipinski definition) is 4. The van der Waals surface area contributed by atoms with E-state index in [1.54, 1.807) is 0 Å². The molecule has 4 unspecified atom stereocenters. The first-order valence-electron chi connectivity index (χ1n) is 17.7. The molecular weight excluding hydrogens is 811 g/mol. The number of nitrogens with zero attached hydrogens (tertiary/aromatic N) is 2. The number of ether oxygens (including phenoxy) is 4. The Bertz CT molecular complexity index is 1010. The Morgan fingerprint density at radius 2 is 0.868 bits per heavy atom. The van der Waals surface area contributed by atoms with Crippen molar-refractivity contribution < 1.29 is 78.5 Å². The van der Waals surface area contributed by atoms with Gasteiger partial charge in [-0.1, -0.05) is 13.8 Å². The Balaban J connectivity index is 4.49. The highest BCUT2D eigenvalue weighted by Crippen LogP contribution is 2.43. The van der Waals surface area contributed by atoms with Gasteiger partial charge in [-0.3, -0.25) is 18.1 Å². The minimum Gasteiger partial charge on any atom is -0.435 e. The molecule has 0 aliphatic rings. The molecular formula is C28H70N2O17P2Si4. The van der Waals surface area contributed by atoms with E-state index in [9.17, 15) is 29.1 Å². The van der Waals surface area contributed by atoms with Crippen LogP contribution in [0.2, 0.25) is 52.4 Å². The third-order valence-electron chi connectivity index (χ3n) is 6.80. The highest BCUT2D eigenvalue weighted by atomic mass is 31.2. The van der Waals surface area contributed by atoms with E-state index in [0.717, 1.165) is 13.1 Å². The molecule has 25 heteroatoms. The molecule has 19 nitrogen and oxygen atoms in total. The van der Waals surface area contributed by atoms with Crippen LogP contribution < -0.4 is 0 Å². The molecule has 0 rings (SSSR count). The molecule has 0 aliphatic carbocycles. The highest BCUT2D eigenvalue weighted by molar-refractivity contribution is 7.47. The summed E-state index contributed by atoms with van der Waals surface area (Å²) in [6, 6.07) is 0. The fourth-order valence-electron chi connectivity index (χ4n) is 4.52. The fourth-order valence-corrected chi connectivity index (χ4v) is 24.0. The fraction of sp³-hybridized carbons (Fsp3) is 1.00. The summed E-state index contributed by atoms with van der Waals surface area (Å²) in [5, 5.41) is 20.5. The van der Waals surface area contributed by atoms with Crippen LogP contribution in [0.1, 0.15) is 13.8 Å². The molecule has 4 atom stereocenters. The van der Waals surface area contributed by atoms with E-state index in [4.69, 9.17) is 49.4 Å². The maximum Gasteiger partial charge on any atom is 0.472 e.